The molecular weight excluding hydrogens is 466 g/mol. The molecule has 0 saturated carbocycles. The third-order valence-electron chi connectivity index (χ3n) is 4.31. The first-order valence-corrected chi connectivity index (χ1v) is 11.8. The smallest absolute Gasteiger partial charge is 0.290 e. The standard InChI is InChI=1S/C21H19N5O5S2/c1-13-12-23-21(32-13)33(27,28)26-19-17(31-16-7-5-4-6-15(16)29-2)20(30-3)25-18(24-19)14-8-10-22-11-9-14/h4-12H,1-3H3,(H,24,25,26). The number of nitrogens with zero attached hydrogens (tertiary/aromatic N) is 4. The van der Waals surface area contributed by atoms with E-state index in [1.807, 2.05) is 0 Å². The molecule has 0 saturated heterocycles. The number of hydrogen-bond donors (Lipinski definition) is 1. The number of para-hydroxylation sites is 2. The third kappa shape index (κ3) is 4.86. The molecule has 4 aromatic rings. The van der Waals surface area contributed by atoms with Crippen molar-refractivity contribution in [2.24, 2.45) is 0 Å². The van der Waals surface area contributed by atoms with Gasteiger partial charge in [-0.1, -0.05) is 12.1 Å². The van der Waals surface area contributed by atoms with E-state index in [2.05, 4.69) is 24.7 Å². The molecule has 3 heterocycles. The Hall–Kier alpha value is -3.77. The van der Waals surface area contributed by atoms with E-state index in [-0.39, 0.29) is 27.6 Å². The monoisotopic (exact) mass is 485 g/mol. The molecule has 10 nitrogen and oxygen atoms in total. The molecule has 170 valence electrons. The lowest BCUT2D eigenvalue weighted by Gasteiger charge is -2.17. The number of sulfonamides is 1. The summed E-state index contributed by atoms with van der Waals surface area (Å²) in [4.78, 5) is 17.5. The fourth-order valence-electron chi connectivity index (χ4n) is 2.80. The minimum Gasteiger partial charge on any atom is -0.493 e. The minimum absolute atomic E-state index is 0.0238. The van der Waals surface area contributed by atoms with Crippen molar-refractivity contribution in [2.45, 2.75) is 11.3 Å². The van der Waals surface area contributed by atoms with Crippen LogP contribution >= 0.6 is 11.3 Å². The van der Waals surface area contributed by atoms with Gasteiger partial charge in [-0.25, -0.2) is 9.97 Å². The van der Waals surface area contributed by atoms with Crippen LogP contribution in [0.4, 0.5) is 5.82 Å². The summed E-state index contributed by atoms with van der Waals surface area (Å²) in [6.45, 7) is 1.77. The molecule has 0 atom stereocenters. The molecule has 0 aliphatic heterocycles. The molecule has 0 fully saturated rings. The van der Waals surface area contributed by atoms with E-state index in [1.54, 1.807) is 55.7 Å². The van der Waals surface area contributed by atoms with E-state index in [1.165, 1.54) is 20.4 Å². The fourth-order valence-corrected chi connectivity index (χ4v) is 4.92. The first-order valence-electron chi connectivity index (χ1n) is 9.54. The number of thiazole rings is 1. The van der Waals surface area contributed by atoms with Crippen LogP contribution in [0.2, 0.25) is 0 Å². The summed E-state index contributed by atoms with van der Waals surface area (Å²) < 4.78 is 45.2. The molecule has 0 spiro atoms. The largest absolute Gasteiger partial charge is 0.493 e. The molecule has 0 aliphatic rings. The molecule has 0 aliphatic carbocycles. The van der Waals surface area contributed by atoms with Crippen molar-refractivity contribution in [3.05, 3.63) is 59.9 Å². The van der Waals surface area contributed by atoms with Gasteiger partial charge >= 0.3 is 0 Å². The zero-order chi connectivity index (χ0) is 23.4. The highest BCUT2D eigenvalue weighted by molar-refractivity contribution is 7.94. The number of aromatic nitrogens is 4. The number of rotatable bonds is 8. The first-order chi connectivity index (χ1) is 15.9. The van der Waals surface area contributed by atoms with Gasteiger partial charge in [0.15, 0.2) is 23.1 Å². The van der Waals surface area contributed by atoms with Crippen molar-refractivity contribution in [1.29, 1.82) is 0 Å². The van der Waals surface area contributed by atoms with Crippen molar-refractivity contribution in [2.75, 3.05) is 18.9 Å². The van der Waals surface area contributed by atoms with Crippen LogP contribution in [0.3, 0.4) is 0 Å². The van der Waals surface area contributed by atoms with Crippen LogP contribution in [0.5, 0.6) is 23.1 Å². The van der Waals surface area contributed by atoms with Crippen molar-refractivity contribution in [3.63, 3.8) is 0 Å². The average molecular weight is 486 g/mol. The van der Waals surface area contributed by atoms with Gasteiger partial charge in [0, 0.05) is 29.0 Å². The summed E-state index contributed by atoms with van der Waals surface area (Å²) in [6, 6.07) is 10.3. The highest BCUT2D eigenvalue weighted by Crippen LogP contribution is 2.41. The lowest BCUT2D eigenvalue weighted by molar-refractivity contribution is 0.348. The van der Waals surface area contributed by atoms with E-state index in [4.69, 9.17) is 14.2 Å². The molecular formula is C21H19N5O5S2. The van der Waals surface area contributed by atoms with Gasteiger partial charge in [0.2, 0.25) is 10.1 Å². The number of nitrogens with one attached hydrogen (secondary N) is 1. The normalized spacial score (nSPS) is 11.1. The SMILES string of the molecule is COc1ccccc1Oc1c(NS(=O)(=O)c2ncc(C)s2)nc(-c2ccncc2)nc1OC. The van der Waals surface area contributed by atoms with Crippen molar-refractivity contribution in [3.8, 4) is 34.5 Å². The molecule has 1 aromatic carbocycles. The second-order valence-corrected chi connectivity index (χ2v) is 9.66. The summed E-state index contributed by atoms with van der Waals surface area (Å²) in [5, 5.41) is 0. The van der Waals surface area contributed by atoms with Crippen LogP contribution in [-0.4, -0.2) is 42.6 Å². The van der Waals surface area contributed by atoms with Gasteiger partial charge in [-0.2, -0.15) is 13.4 Å². The topological polar surface area (TPSA) is 125 Å². The maximum atomic E-state index is 13.0. The molecule has 12 heteroatoms. The lowest BCUT2D eigenvalue weighted by Crippen LogP contribution is -2.15. The van der Waals surface area contributed by atoms with Gasteiger partial charge in [-0.3, -0.25) is 9.71 Å². The third-order valence-corrected chi connectivity index (χ3v) is 6.95. The number of pyridine rings is 1. The molecule has 0 amide bonds. The number of methoxy groups -OCH3 is 2. The van der Waals surface area contributed by atoms with Crippen LogP contribution in [0.25, 0.3) is 11.4 Å². The Morgan fingerprint density at radius 3 is 2.33 bits per heavy atom. The minimum atomic E-state index is -4.06. The molecule has 0 radical (unpaired) electrons. The Bertz CT molecular complexity index is 1380. The predicted octanol–water partition coefficient (Wildman–Crippen LogP) is 3.91. The molecule has 3 aromatic heterocycles. The summed E-state index contributed by atoms with van der Waals surface area (Å²) in [5.74, 6) is 0.848. The number of aryl methyl sites for hydroxylation is 1. The van der Waals surface area contributed by atoms with Crippen molar-refractivity contribution in [1.82, 2.24) is 19.9 Å². The maximum absolute atomic E-state index is 13.0. The van der Waals surface area contributed by atoms with E-state index in [0.717, 1.165) is 16.2 Å². The molecule has 33 heavy (non-hydrogen) atoms. The molecule has 0 bridgehead atoms. The van der Waals surface area contributed by atoms with Crippen molar-refractivity contribution >= 4 is 27.2 Å². The lowest BCUT2D eigenvalue weighted by atomic mass is 10.2. The van der Waals surface area contributed by atoms with E-state index in [9.17, 15) is 8.42 Å². The Labute approximate surface area is 194 Å². The summed E-state index contributed by atoms with van der Waals surface area (Å²) in [5.41, 5.74) is 0.609. The Kier molecular flexibility index (Phi) is 6.38. The van der Waals surface area contributed by atoms with Gasteiger partial charge in [0.25, 0.3) is 15.9 Å². The van der Waals surface area contributed by atoms with Crippen LogP contribution in [0, 0.1) is 6.92 Å². The van der Waals surface area contributed by atoms with Crippen LogP contribution in [0.1, 0.15) is 4.88 Å². The van der Waals surface area contributed by atoms with Gasteiger partial charge in [-0.05, 0) is 31.2 Å². The van der Waals surface area contributed by atoms with Crippen LogP contribution < -0.4 is 18.9 Å². The van der Waals surface area contributed by atoms with Gasteiger partial charge < -0.3 is 14.2 Å². The number of hydrogen-bond acceptors (Lipinski definition) is 10. The van der Waals surface area contributed by atoms with Gasteiger partial charge in [0.1, 0.15) is 0 Å². The molecule has 0 unspecified atom stereocenters. The van der Waals surface area contributed by atoms with Crippen LogP contribution in [-0.2, 0) is 10.0 Å². The fraction of sp³-hybridized carbons (Fsp3) is 0.143. The summed E-state index contributed by atoms with van der Waals surface area (Å²) >= 11 is 1.04. The highest BCUT2D eigenvalue weighted by Gasteiger charge is 2.26. The van der Waals surface area contributed by atoms with Gasteiger partial charge in [-0.15, -0.1) is 11.3 Å². The Balaban J connectivity index is 1.86. The number of ether oxygens (including phenoxy) is 3. The second kappa shape index (κ2) is 9.38. The van der Waals surface area contributed by atoms with E-state index >= 15 is 0 Å². The summed E-state index contributed by atoms with van der Waals surface area (Å²) in [6.07, 6.45) is 4.63. The number of benzene rings is 1. The Morgan fingerprint density at radius 1 is 0.970 bits per heavy atom. The van der Waals surface area contributed by atoms with Gasteiger partial charge in [0.05, 0.1) is 14.2 Å². The second-order valence-electron chi connectivity index (χ2n) is 6.57. The zero-order valence-corrected chi connectivity index (χ0v) is 19.5. The maximum Gasteiger partial charge on any atom is 0.290 e. The quantitative estimate of drug-likeness (QED) is 0.395. The zero-order valence-electron chi connectivity index (χ0n) is 17.8. The predicted molar refractivity (Wildman–Crippen MR) is 123 cm³/mol. The number of anilines is 1. The average Bonchev–Trinajstić information content (AvgIpc) is 3.28. The highest BCUT2D eigenvalue weighted by atomic mass is 32.2. The molecule has 4 rings (SSSR count). The summed E-state index contributed by atoms with van der Waals surface area (Å²) in [7, 11) is -1.16. The Morgan fingerprint density at radius 2 is 1.70 bits per heavy atom. The van der Waals surface area contributed by atoms with Crippen molar-refractivity contribution < 1.29 is 22.6 Å². The van der Waals surface area contributed by atoms with Crippen LogP contribution in [0.15, 0.2) is 59.3 Å². The first kappa shape index (κ1) is 22.4. The van der Waals surface area contributed by atoms with E-state index < -0.39 is 10.0 Å². The van der Waals surface area contributed by atoms with E-state index in [0.29, 0.717) is 17.1 Å². The molecule has 1 N–H and O–H groups in total.